The molecule has 0 amide bonds. The Hall–Kier alpha value is -0.120. The fraction of sp³-hybridized carbons (Fsp3) is 0.692. The van der Waals surface area contributed by atoms with E-state index in [-0.39, 0.29) is 0 Å². The lowest BCUT2D eigenvalue weighted by atomic mass is 10.4. The highest BCUT2D eigenvalue weighted by Crippen LogP contribution is 2.10. The number of likely N-dealkylation sites (N-methyl/N-ethyl adjacent to an activating group) is 1. The molecule has 0 aromatic heterocycles. The first-order valence-corrected chi connectivity index (χ1v) is 6.71. The molecular weight excluding hydrogens is 264 g/mol. The van der Waals surface area contributed by atoms with Crippen molar-refractivity contribution < 1.29 is 8.97 Å². The SMILES string of the molecule is CC[N+](C)(C)/C=C/C(Br)=C/C[N+](C)(C)CC. The number of hydrogen-bond acceptors (Lipinski definition) is 0. The molecule has 0 saturated heterocycles. The average molecular weight is 291 g/mol. The fourth-order valence-electron chi connectivity index (χ4n) is 0.910. The van der Waals surface area contributed by atoms with Crippen LogP contribution in [0.25, 0.3) is 0 Å². The van der Waals surface area contributed by atoms with E-state index in [0.29, 0.717) is 0 Å². The number of quaternary nitrogens is 2. The number of allylic oxidation sites excluding steroid dienone is 2. The van der Waals surface area contributed by atoms with Crippen molar-refractivity contribution in [3.63, 3.8) is 0 Å². The lowest BCUT2D eigenvalue weighted by Gasteiger charge is -2.26. The molecular formula is C13H27BrN2+2. The van der Waals surface area contributed by atoms with Gasteiger partial charge in [-0.25, -0.2) is 0 Å². The predicted molar refractivity (Wildman–Crippen MR) is 76.3 cm³/mol. The Bertz CT molecular complexity index is 265. The highest BCUT2D eigenvalue weighted by Gasteiger charge is 2.09. The second kappa shape index (κ2) is 6.58. The normalized spacial score (nSPS) is 14.8. The molecule has 0 saturated carbocycles. The van der Waals surface area contributed by atoms with Gasteiger partial charge in [0.2, 0.25) is 0 Å². The molecule has 0 N–H and O–H groups in total. The van der Waals surface area contributed by atoms with Crippen molar-refractivity contribution in [3.8, 4) is 0 Å². The quantitative estimate of drug-likeness (QED) is 0.521. The van der Waals surface area contributed by atoms with E-state index in [0.717, 1.165) is 28.6 Å². The van der Waals surface area contributed by atoms with Gasteiger partial charge in [-0.15, -0.1) is 0 Å². The highest BCUT2D eigenvalue weighted by molar-refractivity contribution is 9.11. The summed E-state index contributed by atoms with van der Waals surface area (Å²) < 4.78 is 3.11. The molecule has 94 valence electrons. The van der Waals surface area contributed by atoms with Crippen molar-refractivity contribution in [2.75, 3.05) is 47.8 Å². The molecule has 0 fully saturated rings. The number of nitrogens with zero attached hydrogens (tertiary/aromatic N) is 2. The summed E-state index contributed by atoms with van der Waals surface area (Å²) in [6, 6.07) is 0. The average Bonchev–Trinajstić information content (AvgIpc) is 2.24. The monoisotopic (exact) mass is 290 g/mol. The minimum absolute atomic E-state index is 0.912. The third-order valence-electron chi connectivity index (χ3n) is 3.09. The van der Waals surface area contributed by atoms with Crippen LogP contribution in [0.4, 0.5) is 0 Å². The van der Waals surface area contributed by atoms with Gasteiger partial charge in [0, 0.05) is 10.6 Å². The van der Waals surface area contributed by atoms with E-state index in [2.05, 4.69) is 76.3 Å². The van der Waals surface area contributed by atoms with Crippen molar-refractivity contribution >= 4 is 15.9 Å². The van der Waals surface area contributed by atoms with Crippen LogP contribution in [0.5, 0.6) is 0 Å². The van der Waals surface area contributed by atoms with E-state index in [1.807, 2.05) is 0 Å². The van der Waals surface area contributed by atoms with Crippen LogP contribution in [-0.2, 0) is 0 Å². The van der Waals surface area contributed by atoms with Crippen molar-refractivity contribution in [2.24, 2.45) is 0 Å². The molecule has 16 heavy (non-hydrogen) atoms. The molecule has 0 aromatic rings. The molecule has 0 spiro atoms. The maximum absolute atomic E-state index is 3.60. The van der Waals surface area contributed by atoms with Crippen LogP contribution in [0, 0.1) is 0 Å². The standard InChI is InChI=1S/C13H27BrN2/c1-7-15(3,4)11-9-13(14)10-12-16(5,6)8-2/h9-11H,7-8,12H2,1-6H3/q+2/b11-9+,13-10-. The molecule has 2 nitrogen and oxygen atoms in total. The molecule has 0 atom stereocenters. The van der Waals surface area contributed by atoms with Crippen LogP contribution in [0.1, 0.15) is 13.8 Å². The van der Waals surface area contributed by atoms with Gasteiger partial charge in [-0.2, -0.15) is 0 Å². The van der Waals surface area contributed by atoms with Gasteiger partial charge in [-0.3, -0.25) is 0 Å². The van der Waals surface area contributed by atoms with Gasteiger partial charge in [-0.1, -0.05) is 15.9 Å². The Morgan fingerprint density at radius 2 is 1.62 bits per heavy atom. The summed E-state index contributed by atoms with van der Waals surface area (Å²) in [5.74, 6) is 0. The van der Waals surface area contributed by atoms with Crippen LogP contribution < -0.4 is 0 Å². The number of rotatable bonds is 6. The van der Waals surface area contributed by atoms with Gasteiger partial charge in [0.15, 0.2) is 0 Å². The Balaban J connectivity index is 4.37. The topological polar surface area (TPSA) is 0 Å². The van der Waals surface area contributed by atoms with Crippen LogP contribution in [0.15, 0.2) is 22.8 Å². The second-order valence-electron chi connectivity index (χ2n) is 5.43. The molecule has 0 heterocycles. The van der Waals surface area contributed by atoms with Crippen molar-refractivity contribution in [1.29, 1.82) is 0 Å². The van der Waals surface area contributed by atoms with Gasteiger partial charge < -0.3 is 8.97 Å². The molecule has 0 aromatic carbocycles. The molecule has 0 radical (unpaired) electrons. The Labute approximate surface area is 110 Å². The van der Waals surface area contributed by atoms with Crippen LogP contribution in [0.3, 0.4) is 0 Å². The smallest absolute Gasteiger partial charge is 0.0983 e. The highest BCUT2D eigenvalue weighted by atomic mass is 79.9. The molecule has 0 aliphatic carbocycles. The largest absolute Gasteiger partial charge is 0.325 e. The Kier molecular flexibility index (Phi) is 6.53. The lowest BCUT2D eigenvalue weighted by Crippen LogP contribution is -2.39. The van der Waals surface area contributed by atoms with E-state index in [1.54, 1.807) is 0 Å². The molecule has 3 heteroatoms. The molecule has 0 bridgehead atoms. The van der Waals surface area contributed by atoms with E-state index in [4.69, 9.17) is 0 Å². The molecule has 0 aliphatic rings. The van der Waals surface area contributed by atoms with Gasteiger partial charge in [0.05, 0.1) is 54.0 Å². The number of halogens is 1. The van der Waals surface area contributed by atoms with Crippen LogP contribution >= 0.6 is 15.9 Å². The zero-order chi connectivity index (χ0) is 12.8. The first kappa shape index (κ1) is 15.9. The van der Waals surface area contributed by atoms with Crippen LogP contribution in [-0.4, -0.2) is 56.8 Å². The van der Waals surface area contributed by atoms with Gasteiger partial charge in [0.1, 0.15) is 0 Å². The summed E-state index contributed by atoms with van der Waals surface area (Å²) >= 11 is 3.60. The third-order valence-corrected chi connectivity index (χ3v) is 3.68. The van der Waals surface area contributed by atoms with Gasteiger partial charge >= 0.3 is 0 Å². The van der Waals surface area contributed by atoms with Gasteiger partial charge in [0.25, 0.3) is 0 Å². The molecule has 0 rings (SSSR count). The summed E-state index contributed by atoms with van der Waals surface area (Å²) in [4.78, 5) is 0. The van der Waals surface area contributed by atoms with E-state index >= 15 is 0 Å². The first-order valence-electron chi connectivity index (χ1n) is 5.92. The lowest BCUT2D eigenvalue weighted by molar-refractivity contribution is -0.882. The fourth-order valence-corrected chi connectivity index (χ4v) is 1.17. The maximum Gasteiger partial charge on any atom is 0.0983 e. The van der Waals surface area contributed by atoms with E-state index in [9.17, 15) is 0 Å². The van der Waals surface area contributed by atoms with Gasteiger partial charge in [-0.05, 0) is 19.9 Å². The second-order valence-corrected chi connectivity index (χ2v) is 6.35. The molecule has 0 unspecified atom stereocenters. The molecule has 0 aliphatic heterocycles. The third kappa shape index (κ3) is 7.20. The minimum atomic E-state index is 0.912. The number of hydrogen-bond donors (Lipinski definition) is 0. The van der Waals surface area contributed by atoms with Crippen molar-refractivity contribution in [2.45, 2.75) is 13.8 Å². The summed E-state index contributed by atoms with van der Waals surface area (Å²) in [5.41, 5.74) is 0. The summed E-state index contributed by atoms with van der Waals surface area (Å²) in [6.07, 6.45) is 6.61. The first-order chi connectivity index (χ1) is 7.22. The Morgan fingerprint density at radius 3 is 2.06 bits per heavy atom. The maximum atomic E-state index is 3.60. The summed E-state index contributed by atoms with van der Waals surface area (Å²) in [6.45, 7) is 7.72. The van der Waals surface area contributed by atoms with E-state index < -0.39 is 0 Å². The van der Waals surface area contributed by atoms with Crippen LogP contribution in [0.2, 0.25) is 0 Å². The van der Waals surface area contributed by atoms with Crippen molar-refractivity contribution in [1.82, 2.24) is 0 Å². The predicted octanol–water partition coefficient (Wildman–Crippen LogP) is 2.97. The van der Waals surface area contributed by atoms with Crippen molar-refractivity contribution in [3.05, 3.63) is 22.8 Å². The zero-order valence-corrected chi connectivity index (χ0v) is 13.2. The minimum Gasteiger partial charge on any atom is -0.325 e. The Morgan fingerprint density at radius 1 is 1.06 bits per heavy atom. The zero-order valence-electron chi connectivity index (χ0n) is 11.6. The van der Waals surface area contributed by atoms with E-state index in [1.165, 1.54) is 4.48 Å². The summed E-state index contributed by atoms with van der Waals surface area (Å²) in [7, 11) is 8.88. The summed E-state index contributed by atoms with van der Waals surface area (Å²) in [5, 5.41) is 0.